The number of nitrogens with one attached hydrogen (secondary N) is 2. The van der Waals surface area contributed by atoms with Gasteiger partial charge in [0, 0.05) is 6.08 Å². The van der Waals surface area contributed by atoms with E-state index in [2.05, 4.69) is 15.4 Å². The van der Waals surface area contributed by atoms with Crippen LogP contribution in [-0.4, -0.2) is 59.4 Å². The van der Waals surface area contributed by atoms with Gasteiger partial charge in [0.1, 0.15) is 18.7 Å². The van der Waals surface area contributed by atoms with Crippen molar-refractivity contribution in [3.63, 3.8) is 0 Å². The number of benzene rings is 1. The predicted octanol–water partition coefficient (Wildman–Crippen LogP) is 0.353. The quantitative estimate of drug-likeness (QED) is 0.302. The zero-order chi connectivity index (χ0) is 21.6. The van der Waals surface area contributed by atoms with Crippen LogP contribution in [0, 0.1) is 0 Å². The van der Waals surface area contributed by atoms with Crippen LogP contribution in [0.2, 0.25) is 0 Å². The van der Waals surface area contributed by atoms with Gasteiger partial charge in [0.15, 0.2) is 0 Å². The third-order valence-electron chi connectivity index (χ3n) is 3.53. The summed E-state index contributed by atoms with van der Waals surface area (Å²) in [7, 11) is 0. The summed E-state index contributed by atoms with van der Waals surface area (Å²) in [6.07, 6.45) is 1.15. The molecule has 0 unspecified atom stereocenters. The first-order valence-corrected chi connectivity index (χ1v) is 8.81. The van der Waals surface area contributed by atoms with Crippen LogP contribution < -0.4 is 10.6 Å². The molecule has 0 aromatic heterocycles. The molecule has 0 saturated heterocycles. The minimum absolute atomic E-state index is 0.0388. The molecule has 0 aliphatic carbocycles. The minimum atomic E-state index is -1.41. The molecule has 4 N–H and O–H groups in total. The lowest BCUT2D eigenvalue weighted by Gasteiger charge is -2.19. The highest BCUT2D eigenvalue weighted by Gasteiger charge is 2.26. The zero-order valence-electron chi connectivity index (χ0n) is 15.9. The normalized spacial score (nSPS) is 12.6. The Morgan fingerprint density at radius 1 is 1.07 bits per heavy atom. The minimum Gasteiger partial charge on any atom is -0.480 e. The summed E-state index contributed by atoms with van der Waals surface area (Å²) in [4.78, 5) is 46.5. The van der Waals surface area contributed by atoms with Crippen LogP contribution in [0.4, 0.5) is 4.79 Å². The van der Waals surface area contributed by atoms with Crippen molar-refractivity contribution in [2.45, 2.75) is 32.0 Å². The van der Waals surface area contributed by atoms with E-state index in [4.69, 9.17) is 4.74 Å². The molecule has 2 amide bonds. The van der Waals surface area contributed by atoms with Gasteiger partial charge in [-0.3, -0.25) is 4.79 Å². The first-order chi connectivity index (χ1) is 13.9. The molecule has 1 aromatic rings. The van der Waals surface area contributed by atoms with E-state index < -0.39 is 42.6 Å². The van der Waals surface area contributed by atoms with Gasteiger partial charge < -0.3 is 30.3 Å². The molecule has 29 heavy (non-hydrogen) atoms. The summed E-state index contributed by atoms with van der Waals surface area (Å²) in [5.74, 6) is -2.91. The Morgan fingerprint density at radius 2 is 1.76 bits per heavy atom. The summed E-state index contributed by atoms with van der Waals surface area (Å²) < 4.78 is 9.62. The number of carboxylic acids is 1. The number of hydrogen-bond acceptors (Lipinski definition) is 7. The molecule has 10 heteroatoms. The fourth-order valence-corrected chi connectivity index (χ4v) is 2.09. The number of alkyl carbamates (subject to hydrolysis) is 1. The van der Waals surface area contributed by atoms with Crippen molar-refractivity contribution in [3.05, 3.63) is 48.0 Å². The predicted molar refractivity (Wildman–Crippen MR) is 101 cm³/mol. The van der Waals surface area contributed by atoms with Crippen molar-refractivity contribution in [1.29, 1.82) is 0 Å². The highest BCUT2D eigenvalue weighted by molar-refractivity contribution is 5.89. The fraction of sp³-hybridized carbons (Fsp3) is 0.368. The van der Waals surface area contributed by atoms with Crippen LogP contribution in [0.15, 0.2) is 42.5 Å². The Balaban J connectivity index is 2.56. The average Bonchev–Trinajstić information content (AvgIpc) is 2.70. The lowest BCUT2D eigenvalue weighted by atomic mass is 10.1. The van der Waals surface area contributed by atoms with Gasteiger partial charge in [0.05, 0.1) is 13.2 Å². The van der Waals surface area contributed by atoms with Gasteiger partial charge in [0.2, 0.25) is 5.91 Å². The van der Waals surface area contributed by atoms with Gasteiger partial charge in [-0.1, -0.05) is 36.4 Å². The van der Waals surface area contributed by atoms with Crippen LogP contribution in [0.25, 0.3) is 0 Å². The molecule has 10 nitrogen and oxygen atoms in total. The van der Waals surface area contributed by atoms with Crippen molar-refractivity contribution in [3.8, 4) is 0 Å². The average molecular weight is 408 g/mol. The lowest BCUT2D eigenvalue weighted by molar-refractivity contribution is -0.142. The summed E-state index contributed by atoms with van der Waals surface area (Å²) in [5.41, 5.74) is 0.729. The number of carbonyl (C=O) groups is 4. The SMILES string of the molecule is CCOC(=O)/C=C/C[C@H](NC(=O)[C@H](CO)NC(=O)OCc1ccccc1)C(=O)O. The van der Waals surface area contributed by atoms with Crippen molar-refractivity contribution < 1.29 is 38.9 Å². The number of esters is 1. The van der Waals surface area contributed by atoms with Crippen molar-refractivity contribution in [2.75, 3.05) is 13.2 Å². The lowest BCUT2D eigenvalue weighted by Crippen LogP contribution is -2.53. The molecule has 0 fully saturated rings. The zero-order valence-corrected chi connectivity index (χ0v) is 15.9. The van der Waals surface area contributed by atoms with Crippen LogP contribution in [0.1, 0.15) is 18.9 Å². The van der Waals surface area contributed by atoms with Crippen LogP contribution in [-0.2, 0) is 30.5 Å². The first-order valence-electron chi connectivity index (χ1n) is 8.81. The Hall–Kier alpha value is -3.40. The Labute approximate surface area is 167 Å². The first kappa shape index (κ1) is 23.6. The topological polar surface area (TPSA) is 151 Å². The summed E-state index contributed by atoms with van der Waals surface area (Å²) in [5, 5.41) is 22.9. The van der Waals surface area contributed by atoms with E-state index in [0.717, 1.165) is 11.6 Å². The molecule has 0 aliphatic heterocycles. The fourth-order valence-electron chi connectivity index (χ4n) is 2.09. The second-order valence-corrected chi connectivity index (χ2v) is 5.73. The molecular formula is C19H24N2O8. The molecule has 0 radical (unpaired) electrons. The smallest absolute Gasteiger partial charge is 0.408 e. The Bertz CT molecular complexity index is 720. The number of aliphatic hydroxyl groups excluding tert-OH is 1. The molecule has 0 spiro atoms. The maximum absolute atomic E-state index is 12.2. The molecule has 0 aliphatic rings. The van der Waals surface area contributed by atoms with Gasteiger partial charge in [0.25, 0.3) is 0 Å². The highest BCUT2D eigenvalue weighted by Crippen LogP contribution is 2.01. The highest BCUT2D eigenvalue weighted by atomic mass is 16.5. The van der Waals surface area contributed by atoms with E-state index in [9.17, 15) is 29.4 Å². The molecule has 1 aromatic carbocycles. The van der Waals surface area contributed by atoms with E-state index in [1.165, 1.54) is 6.08 Å². The third-order valence-corrected chi connectivity index (χ3v) is 3.53. The third kappa shape index (κ3) is 9.38. The van der Waals surface area contributed by atoms with E-state index in [1.54, 1.807) is 37.3 Å². The van der Waals surface area contributed by atoms with Crippen LogP contribution >= 0.6 is 0 Å². The molecule has 2 atom stereocenters. The van der Waals surface area contributed by atoms with E-state index in [1.807, 2.05) is 0 Å². The number of rotatable bonds is 11. The Morgan fingerprint density at radius 3 is 2.34 bits per heavy atom. The number of aliphatic carboxylic acids is 1. The van der Waals surface area contributed by atoms with Gasteiger partial charge in [-0.25, -0.2) is 14.4 Å². The number of carboxylic acid groups (broad SMARTS) is 1. The number of hydrogen-bond donors (Lipinski definition) is 4. The van der Waals surface area contributed by atoms with Gasteiger partial charge in [-0.15, -0.1) is 0 Å². The van der Waals surface area contributed by atoms with E-state index in [0.29, 0.717) is 0 Å². The van der Waals surface area contributed by atoms with Gasteiger partial charge in [-0.2, -0.15) is 0 Å². The van der Waals surface area contributed by atoms with E-state index in [-0.39, 0.29) is 19.6 Å². The monoisotopic (exact) mass is 408 g/mol. The van der Waals surface area contributed by atoms with Crippen molar-refractivity contribution in [1.82, 2.24) is 10.6 Å². The van der Waals surface area contributed by atoms with E-state index >= 15 is 0 Å². The molecule has 0 bridgehead atoms. The van der Waals surface area contributed by atoms with Gasteiger partial charge in [-0.05, 0) is 18.9 Å². The molecule has 0 saturated carbocycles. The Kier molecular flexibility index (Phi) is 10.5. The standard InChI is InChI=1S/C19H24N2O8/c1-2-28-16(23)10-6-9-14(18(25)26)20-17(24)15(11-22)21-19(27)29-12-13-7-4-3-5-8-13/h3-8,10,14-15,22H,2,9,11-12H2,1H3,(H,20,24)(H,21,27)(H,25,26)/b10-6+/t14-,15-/m0/s1. The number of carbonyl (C=O) groups excluding carboxylic acids is 3. The maximum atomic E-state index is 12.2. The molecule has 0 heterocycles. The number of ether oxygens (including phenoxy) is 2. The van der Waals surface area contributed by atoms with Gasteiger partial charge >= 0.3 is 18.0 Å². The number of aliphatic hydroxyl groups is 1. The second kappa shape index (κ2) is 12.9. The summed E-state index contributed by atoms with van der Waals surface area (Å²) >= 11 is 0. The van der Waals surface area contributed by atoms with Crippen LogP contribution in [0.5, 0.6) is 0 Å². The summed E-state index contributed by atoms with van der Waals surface area (Å²) in [6, 6.07) is 6.04. The largest absolute Gasteiger partial charge is 0.480 e. The van der Waals surface area contributed by atoms with Crippen LogP contribution in [0.3, 0.4) is 0 Å². The molecular weight excluding hydrogens is 384 g/mol. The maximum Gasteiger partial charge on any atom is 0.408 e. The molecule has 1 rings (SSSR count). The molecule has 158 valence electrons. The summed E-state index contributed by atoms with van der Waals surface area (Å²) in [6.45, 7) is 0.992. The number of amides is 2. The van der Waals surface area contributed by atoms with Crippen molar-refractivity contribution in [2.24, 2.45) is 0 Å². The van der Waals surface area contributed by atoms with Crippen molar-refractivity contribution >= 4 is 23.9 Å². The second-order valence-electron chi connectivity index (χ2n) is 5.73.